The number of rotatable bonds is 0. The molecule has 18 heavy (non-hydrogen) atoms. The molecule has 3 nitrogen and oxygen atoms in total. The van der Waals surface area contributed by atoms with Gasteiger partial charge >= 0.3 is 0 Å². The van der Waals surface area contributed by atoms with Crippen molar-refractivity contribution in [2.45, 2.75) is 51.4 Å². The third-order valence-electron chi connectivity index (χ3n) is 4.17. The van der Waals surface area contributed by atoms with Crippen molar-refractivity contribution in [2.75, 3.05) is 0 Å². The molecule has 0 spiro atoms. The second kappa shape index (κ2) is 3.81. The molecule has 3 unspecified atom stereocenters. The van der Waals surface area contributed by atoms with Crippen LogP contribution in [0.1, 0.15) is 33.6 Å². The minimum atomic E-state index is 0.142. The molecule has 0 aromatic carbocycles. The molecular weight excluding hydrogens is 222 g/mol. The van der Waals surface area contributed by atoms with Crippen LogP contribution in [0, 0.1) is 5.92 Å². The van der Waals surface area contributed by atoms with Crippen molar-refractivity contribution in [3.63, 3.8) is 0 Å². The van der Waals surface area contributed by atoms with Crippen LogP contribution in [0.5, 0.6) is 0 Å². The summed E-state index contributed by atoms with van der Waals surface area (Å²) in [6, 6.07) is 0.487. The van der Waals surface area contributed by atoms with E-state index in [1.807, 2.05) is 0 Å². The zero-order chi connectivity index (χ0) is 12.9. The molecule has 1 fully saturated rings. The van der Waals surface area contributed by atoms with Crippen LogP contribution in [-0.2, 0) is 0 Å². The van der Waals surface area contributed by atoms with E-state index in [4.69, 9.17) is 0 Å². The molecule has 1 aliphatic carbocycles. The van der Waals surface area contributed by atoms with Gasteiger partial charge in [0.05, 0.1) is 5.82 Å². The molecule has 0 amide bonds. The highest BCUT2D eigenvalue weighted by atomic mass is 15.4. The molecule has 2 heterocycles. The van der Waals surface area contributed by atoms with Gasteiger partial charge in [0.2, 0.25) is 0 Å². The van der Waals surface area contributed by atoms with E-state index in [0.717, 1.165) is 18.7 Å². The van der Waals surface area contributed by atoms with E-state index in [-0.39, 0.29) is 5.54 Å². The van der Waals surface area contributed by atoms with Crippen LogP contribution in [-0.4, -0.2) is 22.6 Å². The number of nitrogens with zero attached hydrogens (tertiary/aromatic N) is 1. The summed E-state index contributed by atoms with van der Waals surface area (Å²) >= 11 is 0. The van der Waals surface area contributed by atoms with Gasteiger partial charge in [-0.05, 0) is 39.2 Å². The summed E-state index contributed by atoms with van der Waals surface area (Å²) in [4.78, 5) is 2.46. The molecule has 0 saturated carbocycles. The van der Waals surface area contributed by atoms with Crippen molar-refractivity contribution in [1.82, 2.24) is 15.5 Å². The third-order valence-corrected chi connectivity index (χ3v) is 4.17. The minimum absolute atomic E-state index is 0.142. The summed E-state index contributed by atoms with van der Waals surface area (Å²) in [5.41, 5.74) is 1.68. The summed E-state index contributed by atoms with van der Waals surface area (Å²) in [6.07, 6.45) is 9.51. The first-order chi connectivity index (χ1) is 8.47. The Kier molecular flexibility index (Phi) is 2.47. The second-order valence-electron chi connectivity index (χ2n) is 6.54. The van der Waals surface area contributed by atoms with Crippen LogP contribution in [0.2, 0.25) is 0 Å². The third kappa shape index (κ3) is 1.73. The van der Waals surface area contributed by atoms with E-state index in [0.29, 0.717) is 18.1 Å². The molecule has 0 radical (unpaired) electrons. The topological polar surface area (TPSA) is 27.3 Å². The smallest absolute Gasteiger partial charge is 0.109 e. The van der Waals surface area contributed by atoms with Gasteiger partial charge in [-0.25, -0.2) is 0 Å². The predicted molar refractivity (Wildman–Crippen MR) is 74.5 cm³/mol. The van der Waals surface area contributed by atoms with Crippen LogP contribution in [0.15, 0.2) is 36.3 Å². The minimum Gasteiger partial charge on any atom is -0.369 e. The van der Waals surface area contributed by atoms with E-state index < -0.39 is 0 Å². The van der Waals surface area contributed by atoms with Crippen molar-refractivity contribution < 1.29 is 0 Å². The van der Waals surface area contributed by atoms with Crippen molar-refractivity contribution in [1.29, 1.82) is 0 Å². The molecule has 3 aliphatic rings. The number of hydrogen-bond donors (Lipinski definition) is 2. The van der Waals surface area contributed by atoms with Crippen LogP contribution in [0.25, 0.3) is 0 Å². The molecule has 98 valence electrons. The molecule has 0 aromatic heterocycles. The Balaban J connectivity index is 1.99. The van der Waals surface area contributed by atoms with Gasteiger partial charge in [0.25, 0.3) is 0 Å². The lowest BCUT2D eigenvalue weighted by molar-refractivity contribution is 0.0907. The zero-order valence-electron chi connectivity index (χ0n) is 11.5. The van der Waals surface area contributed by atoms with Gasteiger partial charge in [-0.2, -0.15) is 0 Å². The van der Waals surface area contributed by atoms with E-state index in [1.54, 1.807) is 5.57 Å². The SMILES string of the molecule is C=C1NC2CC=CCC3=CN(C(C)(C)C)C(N1)C32. The Labute approximate surface area is 110 Å². The summed E-state index contributed by atoms with van der Waals surface area (Å²) in [5, 5.41) is 7.04. The number of nitrogens with one attached hydrogen (secondary N) is 2. The number of allylic oxidation sites excluding steroid dienone is 1. The molecule has 0 bridgehead atoms. The van der Waals surface area contributed by atoms with Gasteiger partial charge in [0.15, 0.2) is 0 Å². The highest BCUT2D eigenvalue weighted by Crippen LogP contribution is 2.40. The summed E-state index contributed by atoms with van der Waals surface area (Å²) < 4.78 is 0. The van der Waals surface area contributed by atoms with Crippen molar-refractivity contribution in [3.8, 4) is 0 Å². The first-order valence-electron chi connectivity index (χ1n) is 6.83. The molecule has 0 aromatic rings. The van der Waals surface area contributed by atoms with Gasteiger partial charge in [0.1, 0.15) is 6.17 Å². The highest BCUT2D eigenvalue weighted by molar-refractivity contribution is 5.29. The Morgan fingerprint density at radius 3 is 2.78 bits per heavy atom. The average molecular weight is 245 g/mol. The van der Waals surface area contributed by atoms with Gasteiger partial charge in [0, 0.05) is 23.7 Å². The van der Waals surface area contributed by atoms with E-state index in [1.165, 1.54) is 0 Å². The molecule has 1 saturated heterocycles. The molecule has 2 N–H and O–H groups in total. The van der Waals surface area contributed by atoms with Gasteiger partial charge < -0.3 is 15.5 Å². The van der Waals surface area contributed by atoms with Crippen LogP contribution in [0.3, 0.4) is 0 Å². The lowest BCUT2D eigenvalue weighted by Crippen LogP contribution is -2.61. The maximum atomic E-state index is 4.07. The van der Waals surface area contributed by atoms with E-state index >= 15 is 0 Å². The average Bonchev–Trinajstić information content (AvgIpc) is 2.49. The largest absolute Gasteiger partial charge is 0.369 e. The predicted octanol–water partition coefficient (Wildman–Crippen LogP) is 2.31. The van der Waals surface area contributed by atoms with Gasteiger partial charge in [-0.3, -0.25) is 0 Å². The van der Waals surface area contributed by atoms with E-state index in [9.17, 15) is 0 Å². The molecular formula is C15H23N3. The van der Waals surface area contributed by atoms with Gasteiger partial charge in [-0.15, -0.1) is 0 Å². The maximum absolute atomic E-state index is 4.07. The quantitative estimate of drug-likeness (QED) is 0.641. The monoisotopic (exact) mass is 245 g/mol. The van der Waals surface area contributed by atoms with Crippen molar-refractivity contribution in [3.05, 3.63) is 36.3 Å². The lowest BCUT2D eigenvalue weighted by Gasteiger charge is -2.46. The van der Waals surface area contributed by atoms with Gasteiger partial charge in [-0.1, -0.05) is 18.7 Å². The maximum Gasteiger partial charge on any atom is 0.109 e. The Hall–Kier alpha value is -1.38. The van der Waals surface area contributed by atoms with E-state index in [2.05, 4.69) is 61.2 Å². The lowest BCUT2D eigenvalue weighted by atomic mass is 9.87. The fourth-order valence-electron chi connectivity index (χ4n) is 3.36. The Morgan fingerprint density at radius 1 is 1.28 bits per heavy atom. The Bertz CT molecular complexity index is 428. The molecule has 3 rings (SSSR count). The molecule has 3 atom stereocenters. The Morgan fingerprint density at radius 2 is 2.06 bits per heavy atom. The van der Waals surface area contributed by atoms with Crippen LogP contribution in [0.4, 0.5) is 0 Å². The normalized spacial score (nSPS) is 34.4. The zero-order valence-corrected chi connectivity index (χ0v) is 11.5. The fourth-order valence-corrected chi connectivity index (χ4v) is 3.36. The summed E-state index contributed by atoms with van der Waals surface area (Å²) in [5.74, 6) is 1.52. The highest BCUT2D eigenvalue weighted by Gasteiger charge is 2.46. The first-order valence-corrected chi connectivity index (χ1v) is 6.83. The second-order valence-corrected chi connectivity index (χ2v) is 6.54. The summed E-state index contributed by atoms with van der Waals surface area (Å²) in [7, 11) is 0. The van der Waals surface area contributed by atoms with Crippen LogP contribution >= 0.6 is 0 Å². The fraction of sp³-hybridized carbons (Fsp3) is 0.600. The molecule has 2 aliphatic heterocycles. The van der Waals surface area contributed by atoms with Crippen molar-refractivity contribution in [2.24, 2.45) is 5.92 Å². The standard InChI is InChI=1S/C15H23N3/c1-10-16-12-8-6-5-7-11-9-18(15(2,3)4)14(17-10)13(11)12/h5-6,9,12-14,16-17H,1,7-8H2,2-4H3. The van der Waals surface area contributed by atoms with Crippen molar-refractivity contribution >= 4 is 0 Å². The first kappa shape index (κ1) is 11.7. The molecule has 3 heteroatoms. The van der Waals surface area contributed by atoms with Crippen LogP contribution < -0.4 is 10.6 Å². The number of hydrogen-bond acceptors (Lipinski definition) is 3. The summed E-state index contributed by atoms with van der Waals surface area (Å²) in [6.45, 7) is 10.9.